The molecule has 2 aromatic heterocycles. The average Bonchev–Trinajstić information content (AvgIpc) is 3.51. The summed E-state index contributed by atoms with van der Waals surface area (Å²) in [5, 5.41) is 0. The quantitative estimate of drug-likeness (QED) is 0.500. The van der Waals surface area contributed by atoms with E-state index >= 15 is 4.39 Å². The van der Waals surface area contributed by atoms with Crippen molar-refractivity contribution in [2.45, 2.75) is 6.04 Å². The molecule has 9 nitrogen and oxygen atoms in total. The number of rotatable bonds is 3. The van der Waals surface area contributed by atoms with Gasteiger partial charge in [-0.25, -0.2) is 14.4 Å². The third-order valence-corrected chi connectivity index (χ3v) is 6.61. The molecule has 0 aliphatic carbocycles. The monoisotopic (exact) mass is 462 g/mol. The molecule has 34 heavy (non-hydrogen) atoms. The summed E-state index contributed by atoms with van der Waals surface area (Å²) in [4.78, 5) is 25.5. The predicted molar refractivity (Wildman–Crippen MR) is 125 cm³/mol. The molecule has 2 aliphatic rings. The van der Waals surface area contributed by atoms with Gasteiger partial charge in [-0.15, -0.1) is 0 Å². The molecule has 0 saturated carbocycles. The number of nitrogens with zero attached hydrogens (tertiary/aromatic N) is 5. The Balaban J connectivity index is 1.32. The van der Waals surface area contributed by atoms with E-state index in [0.29, 0.717) is 36.4 Å². The number of halogens is 1. The largest absolute Gasteiger partial charge is 0.491 e. The Labute approximate surface area is 194 Å². The van der Waals surface area contributed by atoms with Crippen molar-refractivity contribution in [2.75, 3.05) is 50.6 Å². The number of imidazole rings is 1. The summed E-state index contributed by atoms with van der Waals surface area (Å²) in [6, 6.07) is 8.44. The van der Waals surface area contributed by atoms with Crippen molar-refractivity contribution in [3.63, 3.8) is 0 Å². The van der Waals surface area contributed by atoms with Crippen molar-refractivity contribution in [1.29, 1.82) is 0 Å². The fourth-order valence-corrected chi connectivity index (χ4v) is 4.71. The number of fused-ring (bicyclic) bond motifs is 4. The zero-order valence-corrected chi connectivity index (χ0v) is 18.6. The van der Waals surface area contributed by atoms with Gasteiger partial charge in [-0.05, 0) is 12.1 Å². The number of nitrogen functional groups attached to an aromatic ring is 1. The molecule has 0 radical (unpaired) electrons. The van der Waals surface area contributed by atoms with Gasteiger partial charge in [0.2, 0.25) is 0 Å². The van der Waals surface area contributed by atoms with E-state index in [9.17, 15) is 4.79 Å². The zero-order chi connectivity index (χ0) is 23.4. The summed E-state index contributed by atoms with van der Waals surface area (Å²) in [6.45, 7) is 3.35. The molecule has 0 unspecified atom stereocenters. The lowest BCUT2D eigenvalue weighted by molar-refractivity contribution is 0.0704. The normalized spacial score (nSPS) is 17.7. The number of nitrogens with two attached hydrogens (primary N) is 1. The molecule has 0 bridgehead atoms. The number of hydrogen-bond acceptors (Lipinski definition) is 7. The molecule has 4 heterocycles. The first-order valence-corrected chi connectivity index (χ1v) is 11.1. The second kappa shape index (κ2) is 7.84. The molecule has 2 aliphatic heterocycles. The van der Waals surface area contributed by atoms with Gasteiger partial charge in [0.25, 0.3) is 5.91 Å². The Morgan fingerprint density at radius 3 is 2.85 bits per heavy atom. The van der Waals surface area contributed by atoms with Crippen LogP contribution in [0.1, 0.15) is 22.0 Å². The number of carbonyl (C=O) groups excluding carboxylic acids is 1. The van der Waals surface area contributed by atoms with Crippen molar-refractivity contribution in [3.05, 3.63) is 59.8 Å². The van der Waals surface area contributed by atoms with E-state index in [4.69, 9.17) is 15.2 Å². The smallest absolute Gasteiger partial charge is 0.257 e. The lowest BCUT2D eigenvalue weighted by atomic mass is 10.0. The van der Waals surface area contributed by atoms with Crippen molar-refractivity contribution in [2.24, 2.45) is 0 Å². The zero-order valence-electron chi connectivity index (χ0n) is 18.6. The highest BCUT2D eigenvalue weighted by atomic mass is 19.1. The summed E-state index contributed by atoms with van der Waals surface area (Å²) >= 11 is 0. The Hall–Kier alpha value is -3.92. The fraction of sp³-hybridized carbons (Fsp3) is 0.292. The molecule has 174 valence electrons. The lowest BCUT2D eigenvalue weighted by Crippen LogP contribution is -2.36. The van der Waals surface area contributed by atoms with Gasteiger partial charge in [0.05, 0.1) is 48.4 Å². The van der Waals surface area contributed by atoms with Gasteiger partial charge in [-0.3, -0.25) is 9.20 Å². The van der Waals surface area contributed by atoms with E-state index in [-0.39, 0.29) is 17.4 Å². The molecule has 1 fully saturated rings. The topological polar surface area (TPSA) is 98.2 Å². The van der Waals surface area contributed by atoms with Gasteiger partial charge in [0.15, 0.2) is 0 Å². The van der Waals surface area contributed by atoms with Crippen molar-refractivity contribution in [3.8, 4) is 5.75 Å². The third-order valence-electron chi connectivity index (χ3n) is 6.61. The highest BCUT2D eigenvalue weighted by molar-refractivity contribution is 5.98. The predicted octanol–water partition coefficient (Wildman–Crippen LogP) is 2.65. The molecule has 2 aromatic carbocycles. The van der Waals surface area contributed by atoms with Crippen LogP contribution in [-0.2, 0) is 4.74 Å². The Morgan fingerprint density at radius 1 is 1.21 bits per heavy atom. The minimum Gasteiger partial charge on any atom is -0.491 e. The van der Waals surface area contributed by atoms with Gasteiger partial charge in [0.1, 0.15) is 29.5 Å². The van der Waals surface area contributed by atoms with Gasteiger partial charge in [0, 0.05) is 43.5 Å². The van der Waals surface area contributed by atoms with Gasteiger partial charge < -0.3 is 25.0 Å². The summed E-state index contributed by atoms with van der Waals surface area (Å²) < 4.78 is 28.1. The summed E-state index contributed by atoms with van der Waals surface area (Å²) in [6.07, 6.45) is 3.15. The van der Waals surface area contributed by atoms with Crippen molar-refractivity contribution >= 4 is 34.0 Å². The minimum absolute atomic E-state index is 0.0463. The molecule has 1 amide bonds. The maximum Gasteiger partial charge on any atom is 0.257 e. The maximum atomic E-state index is 15.0. The number of ether oxygens (including phenoxy) is 2. The molecule has 10 heteroatoms. The van der Waals surface area contributed by atoms with E-state index < -0.39 is 11.7 Å². The van der Waals surface area contributed by atoms with Crippen LogP contribution in [0.15, 0.2) is 42.9 Å². The van der Waals surface area contributed by atoms with Crippen LogP contribution in [0.5, 0.6) is 5.75 Å². The Kier molecular flexibility index (Phi) is 4.77. The van der Waals surface area contributed by atoms with Crippen LogP contribution in [0.4, 0.5) is 15.9 Å². The summed E-state index contributed by atoms with van der Waals surface area (Å²) in [7, 11) is 1.67. The molecular weight excluding hydrogens is 439 g/mol. The molecule has 2 N–H and O–H groups in total. The number of anilines is 2. The molecule has 0 spiro atoms. The van der Waals surface area contributed by atoms with Crippen molar-refractivity contribution < 1.29 is 18.7 Å². The number of hydrogen-bond donors (Lipinski definition) is 1. The van der Waals surface area contributed by atoms with Gasteiger partial charge >= 0.3 is 0 Å². The fourth-order valence-electron chi connectivity index (χ4n) is 4.71. The Morgan fingerprint density at radius 2 is 2.03 bits per heavy atom. The minimum atomic E-state index is -0.655. The highest BCUT2D eigenvalue weighted by Gasteiger charge is 2.32. The van der Waals surface area contributed by atoms with E-state index in [1.165, 1.54) is 17.0 Å². The standard InChI is InChI=1S/C24H23FN6O3/c1-29(21-12-34-22-8-14(2-3-15(21)22)30-4-6-33-7-5-30)24(32)16-9-19-18(10-17(16)25)28-23(26)20-11-27-13-31(19)20/h2-3,8-11,13,21H,4-7,12H2,1H3,(H2,26,28)/t21-/m1/s1. The maximum absolute atomic E-state index is 15.0. The summed E-state index contributed by atoms with van der Waals surface area (Å²) in [5.41, 5.74) is 9.38. The van der Waals surface area contributed by atoms with Gasteiger partial charge in [-0.1, -0.05) is 6.07 Å². The van der Waals surface area contributed by atoms with Crippen LogP contribution in [0, 0.1) is 5.82 Å². The number of amides is 1. The average molecular weight is 462 g/mol. The van der Waals surface area contributed by atoms with E-state index in [1.54, 1.807) is 24.0 Å². The molecule has 1 atom stereocenters. The van der Waals surface area contributed by atoms with Crippen LogP contribution in [0.2, 0.25) is 0 Å². The lowest BCUT2D eigenvalue weighted by Gasteiger charge is -2.29. The number of likely N-dealkylation sites (N-methyl/N-ethyl adjacent to an activating group) is 1. The second-order valence-electron chi connectivity index (χ2n) is 8.53. The first-order chi connectivity index (χ1) is 16.5. The number of benzene rings is 2. The Bertz CT molecular complexity index is 1430. The first kappa shape index (κ1) is 20.7. The second-order valence-corrected chi connectivity index (χ2v) is 8.53. The number of morpholine rings is 1. The van der Waals surface area contributed by atoms with E-state index in [2.05, 4.69) is 14.9 Å². The third kappa shape index (κ3) is 3.21. The molecule has 6 rings (SSSR count). The van der Waals surface area contributed by atoms with E-state index in [0.717, 1.165) is 30.1 Å². The van der Waals surface area contributed by atoms with Crippen LogP contribution in [0.3, 0.4) is 0 Å². The van der Waals surface area contributed by atoms with E-state index in [1.807, 2.05) is 18.2 Å². The first-order valence-electron chi connectivity index (χ1n) is 11.1. The molecule has 1 saturated heterocycles. The van der Waals surface area contributed by atoms with Crippen molar-refractivity contribution in [1.82, 2.24) is 19.3 Å². The molecule has 4 aromatic rings. The van der Waals surface area contributed by atoms with Crippen LogP contribution in [0.25, 0.3) is 16.6 Å². The van der Waals surface area contributed by atoms with Gasteiger partial charge in [-0.2, -0.15) is 0 Å². The highest BCUT2D eigenvalue weighted by Crippen LogP contribution is 2.39. The number of carbonyl (C=O) groups is 1. The van der Waals surface area contributed by atoms with Crippen LogP contribution in [-0.4, -0.2) is 65.1 Å². The van der Waals surface area contributed by atoms with Crippen LogP contribution < -0.4 is 15.4 Å². The summed E-state index contributed by atoms with van der Waals surface area (Å²) in [5.74, 6) is -0.107. The number of aromatic nitrogens is 3. The van der Waals surface area contributed by atoms with Crippen LogP contribution >= 0.6 is 0 Å². The SMILES string of the molecule is CN(C(=O)c1cc2c(cc1F)nc(N)c1cncn12)[C@@H]1COc2cc(N3CCOCC3)ccc21. The molecular formula is C24H23FN6O3.